The SMILES string of the molecule is CCOc1cc(O[C@@H]2CCOC2)c(F)c(C(Nc2ccc3c(N)nccc3c2)c2ncc(-c3ccccc3)[nH]2)c1. The maximum atomic E-state index is 16.3. The van der Waals surface area contributed by atoms with Crippen molar-refractivity contribution < 1.29 is 18.6 Å². The summed E-state index contributed by atoms with van der Waals surface area (Å²) in [6, 6.07) is 20.1. The van der Waals surface area contributed by atoms with E-state index < -0.39 is 11.9 Å². The van der Waals surface area contributed by atoms with Gasteiger partial charge in [0.05, 0.1) is 31.7 Å². The molecule has 0 saturated carbocycles. The van der Waals surface area contributed by atoms with Crippen LogP contribution < -0.4 is 20.5 Å². The smallest absolute Gasteiger partial charge is 0.171 e. The number of imidazole rings is 1. The second-order valence-corrected chi connectivity index (χ2v) is 9.62. The summed E-state index contributed by atoms with van der Waals surface area (Å²) in [6.07, 6.45) is 3.89. The fourth-order valence-electron chi connectivity index (χ4n) is 4.92. The first-order valence-electron chi connectivity index (χ1n) is 13.3. The highest BCUT2D eigenvalue weighted by molar-refractivity contribution is 5.93. The van der Waals surface area contributed by atoms with Crippen LogP contribution in [0, 0.1) is 5.82 Å². The standard InChI is InChI=1S/C31H30FN5O3/c1-2-39-23-15-25(28(32)27(16-23)40-22-11-13-38-18-22)29(31-35-17-26(37-31)19-6-4-3-5-7-19)36-21-8-9-24-20(14-21)10-12-34-30(24)33/h3-10,12,14-17,22,29,36H,2,11,13,18H2,1H3,(H2,33,34)(H,35,37)/t22-,29?/m1/s1. The molecule has 1 aliphatic heterocycles. The first kappa shape index (κ1) is 25.6. The molecule has 0 radical (unpaired) electrons. The number of anilines is 2. The van der Waals surface area contributed by atoms with E-state index in [-0.39, 0.29) is 11.9 Å². The minimum atomic E-state index is -0.698. The Balaban J connectivity index is 1.45. The molecule has 1 saturated heterocycles. The number of halogens is 1. The Kier molecular flexibility index (Phi) is 7.20. The second-order valence-electron chi connectivity index (χ2n) is 9.62. The van der Waals surface area contributed by atoms with Crippen LogP contribution in [0.5, 0.6) is 11.5 Å². The van der Waals surface area contributed by atoms with Crippen molar-refractivity contribution in [2.75, 3.05) is 30.9 Å². The topological polar surface area (TPSA) is 107 Å². The number of rotatable bonds is 9. The van der Waals surface area contributed by atoms with E-state index >= 15 is 4.39 Å². The lowest BCUT2D eigenvalue weighted by atomic mass is 10.0. The molecule has 5 aromatic rings. The number of aromatic amines is 1. The van der Waals surface area contributed by atoms with Crippen LogP contribution in [0.4, 0.5) is 15.9 Å². The van der Waals surface area contributed by atoms with Crippen molar-refractivity contribution in [3.8, 4) is 22.8 Å². The molecule has 204 valence electrons. The number of nitrogens with two attached hydrogens (primary N) is 1. The molecule has 40 heavy (non-hydrogen) atoms. The first-order chi connectivity index (χ1) is 19.6. The second kappa shape index (κ2) is 11.2. The molecule has 6 rings (SSSR count). The summed E-state index contributed by atoms with van der Waals surface area (Å²) in [4.78, 5) is 12.2. The summed E-state index contributed by atoms with van der Waals surface area (Å²) in [7, 11) is 0. The summed E-state index contributed by atoms with van der Waals surface area (Å²) < 4.78 is 33.6. The van der Waals surface area contributed by atoms with Gasteiger partial charge in [-0.25, -0.2) is 14.4 Å². The highest BCUT2D eigenvalue weighted by atomic mass is 19.1. The Morgan fingerprint density at radius 1 is 1.12 bits per heavy atom. The zero-order valence-electron chi connectivity index (χ0n) is 22.1. The van der Waals surface area contributed by atoms with Crippen LogP contribution in [0.2, 0.25) is 0 Å². The number of nitrogens with one attached hydrogen (secondary N) is 2. The Hall–Kier alpha value is -4.63. The van der Waals surface area contributed by atoms with Crippen LogP contribution in [0.3, 0.4) is 0 Å². The summed E-state index contributed by atoms with van der Waals surface area (Å²) in [5, 5.41) is 5.24. The largest absolute Gasteiger partial charge is 0.494 e. The van der Waals surface area contributed by atoms with E-state index in [9.17, 15) is 0 Å². The number of aromatic nitrogens is 3. The fraction of sp³-hybridized carbons (Fsp3) is 0.226. The van der Waals surface area contributed by atoms with E-state index in [0.717, 1.165) is 27.7 Å². The van der Waals surface area contributed by atoms with Gasteiger partial charge in [-0.05, 0) is 48.2 Å². The van der Waals surface area contributed by atoms with E-state index in [1.54, 1.807) is 24.5 Å². The normalized spacial score (nSPS) is 15.7. The zero-order chi connectivity index (χ0) is 27.5. The number of nitrogens with zero attached hydrogens (tertiary/aromatic N) is 2. The monoisotopic (exact) mass is 539 g/mol. The maximum absolute atomic E-state index is 16.3. The van der Waals surface area contributed by atoms with E-state index in [1.807, 2.05) is 61.5 Å². The van der Waals surface area contributed by atoms with Crippen molar-refractivity contribution in [2.24, 2.45) is 0 Å². The van der Waals surface area contributed by atoms with Crippen LogP contribution in [0.1, 0.15) is 30.8 Å². The van der Waals surface area contributed by atoms with Gasteiger partial charge in [0.15, 0.2) is 11.6 Å². The van der Waals surface area contributed by atoms with E-state index in [4.69, 9.17) is 19.9 Å². The lowest BCUT2D eigenvalue weighted by Gasteiger charge is -2.23. The third-order valence-electron chi connectivity index (χ3n) is 6.90. The number of hydrogen-bond acceptors (Lipinski definition) is 7. The minimum Gasteiger partial charge on any atom is -0.494 e. The maximum Gasteiger partial charge on any atom is 0.171 e. The number of ether oxygens (including phenoxy) is 3. The molecule has 2 atom stereocenters. The Labute approximate surface area is 231 Å². The average molecular weight is 540 g/mol. The van der Waals surface area contributed by atoms with Crippen LogP contribution in [-0.2, 0) is 4.74 Å². The van der Waals surface area contributed by atoms with Gasteiger partial charge in [0, 0.05) is 35.3 Å². The predicted molar refractivity (Wildman–Crippen MR) is 153 cm³/mol. The third kappa shape index (κ3) is 5.28. The molecule has 4 N–H and O–H groups in total. The highest BCUT2D eigenvalue weighted by Crippen LogP contribution is 2.37. The van der Waals surface area contributed by atoms with Crippen molar-refractivity contribution in [3.63, 3.8) is 0 Å². The highest BCUT2D eigenvalue weighted by Gasteiger charge is 2.27. The van der Waals surface area contributed by atoms with Gasteiger partial charge >= 0.3 is 0 Å². The molecule has 0 aliphatic carbocycles. The Morgan fingerprint density at radius 2 is 2.00 bits per heavy atom. The van der Waals surface area contributed by atoms with Gasteiger partial charge in [-0.3, -0.25) is 0 Å². The van der Waals surface area contributed by atoms with Crippen molar-refractivity contribution >= 4 is 22.3 Å². The summed E-state index contributed by atoms with van der Waals surface area (Å²) in [5.41, 5.74) is 8.95. The lowest BCUT2D eigenvalue weighted by molar-refractivity contribution is 0.137. The molecule has 9 heteroatoms. The zero-order valence-corrected chi connectivity index (χ0v) is 22.1. The molecule has 1 aliphatic rings. The summed E-state index contributed by atoms with van der Waals surface area (Å²) >= 11 is 0. The van der Waals surface area contributed by atoms with Crippen LogP contribution >= 0.6 is 0 Å². The third-order valence-corrected chi connectivity index (χ3v) is 6.90. The number of nitrogen functional groups attached to an aromatic ring is 1. The molecular formula is C31H30FN5O3. The number of fused-ring (bicyclic) bond motifs is 1. The van der Waals surface area contributed by atoms with Gasteiger partial charge in [0.1, 0.15) is 29.5 Å². The quantitative estimate of drug-likeness (QED) is 0.207. The first-order valence-corrected chi connectivity index (χ1v) is 13.3. The van der Waals surface area contributed by atoms with Crippen molar-refractivity contribution in [3.05, 3.63) is 96.3 Å². The number of hydrogen-bond donors (Lipinski definition) is 3. The van der Waals surface area contributed by atoms with Gasteiger partial charge < -0.3 is 30.2 Å². The number of pyridine rings is 1. The molecule has 0 bridgehead atoms. The molecular weight excluding hydrogens is 509 g/mol. The number of H-pyrrole nitrogens is 1. The number of benzene rings is 3. The van der Waals surface area contributed by atoms with Gasteiger partial charge in [0.25, 0.3) is 0 Å². The van der Waals surface area contributed by atoms with Crippen LogP contribution in [0.25, 0.3) is 22.0 Å². The minimum absolute atomic E-state index is 0.121. The van der Waals surface area contributed by atoms with Crippen LogP contribution in [0.15, 0.2) is 79.1 Å². The summed E-state index contributed by atoms with van der Waals surface area (Å²) in [6.45, 7) is 3.32. The molecule has 1 unspecified atom stereocenters. The Morgan fingerprint density at radius 3 is 2.80 bits per heavy atom. The summed E-state index contributed by atoms with van der Waals surface area (Å²) in [5.74, 6) is 1.13. The molecule has 1 fully saturated rings. The molecule has 8 nitrogen and oxygen atoms in total. The van der Waals surface area contributed by atoms with Gasteiger partial charge in [-0.15, -0.1) is 0 Å². The predicted octanol–water partition coefficient (Wildman–Crippen LogP) is 6.11. The van der Waals surface area contributed by atoms with E-state index in [0.29, 0.717) is 49.2 Å². The van der Waals surface area contributed by atoms with Gasteiger partial charge in [-0.1, -0.05) is 30.3 Å². The molecule has 2 aromatic heterocycles. The van der Waals surface area contributed by atoms with E-state index in [2.05, 4.69) is 20.3 Å². The van der Waals surface area contributed by atoms with Crippen LogP contribution in [-0.4, -0.2) is 40.9 Å². The van der Waals surface area contributed by atoms with E-state index in [1.165, 1.54) is 0 Å². The van der Waals surface area contributed by atoms with Crippen molar-refractivity contribution in [2.45, 2.75) is 25.5 Å². The van der Waals surface area contributed by atoms with Crippen molar-refractivity contribution in [1.29, 1.82) is 0 Å². The molecule has 0 spiro atoms. The lowest BCUT2D eigenvalue weighted by Crippen LogP contribution is -2.19. The molecule has 3 aromatic carbocycles. The molecule has 0 amide bonds. The fourth-order valence-corrected chi connectivity index (χ4v) is 4.92. The Bertz CT molecular complexity index is 1620. The van der Waals surface area contributed by atoms with Gasteiger partial charge in [0.2, 0.25) is 0 Å². The van der Waals surface area contributed by atoms with Crippen molar-refractivity contribution in [1.82, 2.24) is 15.0 Å². The van der Waals surface area contributed by atoms with Gasteiger partial charge in [-0.2, -0.15) is 0 Å². The molecule has 3 heterocycles. The average Bonchev–Trinajstić information content (AvgIpc) is 3.67.